The van der Waals surface area contributed by atoms with Crippen molar-refractivity contribution in [2.24, 2.45) is 0 Å². The largest absolute Gasteiger partial charge is 0.256 e. The molecule has 0 bridgehead atoms. The Morgan fingerprint density at radius 1 is 0.500 bits per heavy atom. The molecule has 0 amide bonds. The molecule has 0 saturated heterocycles. The Hall–Kier alpha value is -4.56. The summed E-state index contributed by atoms with van der Waals surface area (Å²) in [6.07, 6.45) is 3.72. The number of aromatic nitrogens is 2. The van der Waals surface area contributed by atoms with Crippen LogP contribution in [0.2, 0.25) is 0 Å². The Labute approximate surface area is 223 Å². The highest BCUT2D eigenvalue weighted by molar-refractivity contribution is 6.28. The summed E-state index contributed by atoms with van der Waals surface area (Å²) in [7, 11) is 0. The summed E-state index contributed by atoms with van der Waals surface area (Å²) in [5.41, 5.74) is 8.12. The van der Waals surface area contributed by atoms with Crippen LogP contribution in [0.3, 0.4) is 0 Å². The lowest BCUT2D eigenvalue weighted by Crippen LogP contribution is -2.10. The van der Waals surface area contributed by atoms with Gasteiger partial charge in [-0.15, -0.1) is 0 Å². The highest BCUT2D eigenvalue weighted by atomic mass is 14.7. The topological polar surface area (TPSA) is 25.8 Å². The SMILES string of the molecule is CC(C)(C)c1cc2ccc3c(-c4ccc(-c5ccccn5)cc4)cc(-c4ccccn4)c4ccc(c1)c2c34. The number of rotatable bonds is 3. The third-order valence-electron chi connectivity index (χ3n) is 7.68. The zero-order valence-corrected chi connectivity index (χ0v) is 21.9. The summed E-state index contributed by atoms with van der Waals surface area (Å²) in [4.78, 5) is 9.28. The van der Waals surface area contributed by atoms with Crippen LogP contribution in [0.25, 0.3) is 66.0 Å². The second-order valence-corrected chi connectivity index (χ2v) is 11.1. The molecule has 0 fully saturated rings. The normalized spacial score (nSPS) is 12.1. The van der Waals surface area contributed by atoms with Gasteiger partial charge in [-0.2, -0.15) is 0 Å². The van der Waals surface area contributed by atoms with Crippen molar-refractivity contribution in [1.82, 2.24) is 9.97 Å². The van der Waals surface area contributed by atoms with Gasteiger partial charge in [0.05, 0.1) is 11.4 Å². The number of hydrogen-bond donors (Lipinski definition) is 0. The van der Waals surface area contributed by atoms with Crippen LogP contribution in [0.4, 0.5) is 0 Å². The van der Waals surface area contributed by atoms with E-state index in [1.807, 2.05) is 30.6 Å². The second-order valence-electron chi connectivity index (χ2n) is 11.1. The van der Waals surface area contributed by atoms with E-state index in [0.29, 0.717) is 0 Å². The van der Waals surface area contributed by atoms with Crippen molar-refractivity contribution in [3.8, 4) is 33.6 Å². The first-order valence-corrected chi connectivity index (χ1v) is 13.2. The molecule has 0 radical (unpaired) electrons. The zero-order chi connectivity index (χ0) is 25.9. The highest BCUT2D eigenvalue weighted by Gasteiger charge is 2.20. The van der Waals surface area contributed by atoms with E-state index in [4.69, 9.17) is 4.98 Å². The van der Waals surface area contributed by atoms with Crippen molar-refractivity contribution in [1.29, 1.82) is 0 Å². The van der Waals surface area contributed by atoms with E-state index in [2.05, 4.69) is 111 Å². The van der Waals surface area contributed by atoms with Crippen LogP contribution >= 0.6 is 0 Å². The Balaban J connectivity index is 1.53. The van der Waals surface area contributed by atoms with Crippen LogP contribution in [-0.4, -0.2) is 9.97 Å². The van der Waals surface area contributed by atoms with Crippen LogP contribution in [0.15, 0.2) is 116 Å². The molecule has 0 atom stereocenters. The van der Waals surface area contributed by atoms with E-state index >= 15 is 0 Å². The predicted octanol–water partition coefficient (Wildman–Crippen LogP) is 9.67. The zero-order valence-electron chi connectivity index (χ0n) is 21.9. The maximum absolute atomic E-state index is 4.76. The number of pyridine rings is 2. The van der Waals surface area contributed by atoms with Gasteiger partial charge in [0.15, 0.2) is 0 Å². The van der Waals surface area contributed by atoms with E-state index in [-0.39, 0.29) is 5.41 Å². The van der Waals surface area contributed by atoms with Crippen molar-refractivity contribution < 1.29 is 0 Å². The van der Waals surface area contributed by atoms with Crippen LogP contribution < -0.4 is 0 Å². The smallest absolute Gasteiger partial charge is 0.0708 e. The first-order chi connectivity index (χ1) is 18.5. The summed E-state index contributed by atoms with van der Waals surface area (Å²) in [5, 5.41) is 7.74. The molecular weight excluding hydrogens is 460 g/mol. The molecule has 0 aliphatic heterocycles. The molecular formula is C36H28N2. The van der Waals surface area contributed by atoms with Gasteiger partial charge in [-0.25, -0.2) is 0 Å². The fourth-order valence-electron chi connectivity index (χ4n) is 5.68. The number of benzene rings is 5. The molecule has 2 nitrogen and oxygen atoms in total. The molecule has 0 aliphatic carbocycles. The lowest BCUT2D eigenvalue weighted by Gasteiger charge is -2.22. The Morgan fingerprint density at radius 2 is 1.08 bits per heavy atom. The van der Waals surface area contributed by atoms with Gasteiger partial charge in [0.2, 0.25) is 0 Å². The van der Waals surface area contributed by atoms with Crippen LogP contribution in [-0.2, 0) is 5.41 Å². The highest BCUT2D eigenvalue weighted by Crippen LogP contribution is 2.44. The molecule has 0 N–H and O–H groups in total. The molecule has 38 heavy (non-hydrogen) atoms. The van der Waals surface area contributed by atoms with E-state index in [9.17, 15) is 0 Å². The standard InChI is InChI=1S/C36H28N2/c1-36(2,3)27-20-25-14-16-28-30(23-10-12-24(13-11-23)32-8-4-6-18-37-32)22-31(33-9-5-7-19-38-33)29-17-15-26(21-27)34(25)35(28)29/h4-22H,1-3H3. The van der Waals surface area contributed by atoms with Crippen molar-refractivity contribution >= 4 is 32.3 Å². The molecule has 0 aliphatic rings. The Morgan fingerprint density at radius 3 is 1.66 bits per heavy atom. The quantitative estimate of drug-likeness (QED) is 0.231. The Kier molecular flexibility index (Phi) is 5.06. The molecule has 2 heterocycles. The van der Waals surface area contributed by atoms with Gasteiger partial charge < -0.3 is 0 Å². The summed E-state index contributed by atoms with van der Waals surface area (Å²) in [6, 6.07) is 37.2. The molecule has 0 unspecified atom stereocenters. The van der Waals surface area contributed by atoms with Gasteiger partial charge in [0, 0.05) is 23.5 Å². The monoisotopic (exact) mass is 488 g/mol. The van der Waals surface area contributed by atoms with Crippen LogP contribution in [0.5, 0.6) is 0 Å². The average molecular weight is 489 g/mol. The van der Waals surface area contributed by atoms with Gasteiger partial charge in [-0.3, -0.25) is 9.97 Å². The molecule has 182 valence electrons. The van der Waals surface area contributed by atoms with E-state index in [1.54, 1.807) is 0 Å². The molecule has 0 saturated carbocycles. The maximum atomic E-state index is 4.76. The first kappa shape index (κ1) is 22.6. The van der Waals surface area contributed by atoms with Crippen molar-refractivity contribution in [2.45, 2.75) is 26.2 Å². The fourth-order valence-corrected chi connectivity index (χ4v) is 5.68. The predicted molar refractivity (Wildman–Crippen MR) is 161 cm³/mol. The summed E-state index contributed by atoms with van der Waals surface area (Å²) < 4.78 is 0. The van der Waals surface area contributed by atoms with Gasteiger partial charge in [0.25, 0.3) is 0 Å². The molecule has 7 rings (SSSR count). The van der Waals surface area contributed by atoms with Crippen LogP contribution in [0, 0.1) is 0 Å². The summed E-state index contributed by atoms with van der Waals surface area (Å²) >= 11 is 0. The fraction of sp³-hybridized carbons (Fsp3) is 0.111. The van der Waals surface area contributed by atoms with Crippen molar-refractivity contribution in [3.05, 3.63) is 121 Å². The molecule has 7 aromatic rings. The lowest BCUT2D eigenvalue weighted by molar-refractivity contribution is 0.591. The Bertz CT molecular complexity index is 1890. The van der Waals surface area contributed by atoms with Gasteiger partial charge in [-0.1, -0.05) is 93.6 Å². The number of nitrogens with zero attached hydrogens (tertiary/aromatic N) is 2. The van der Waals surface area contributed by atoms with Crippen molar-refractivity contribution in [3.63, 3.8) is 0 Å². The van der Waals surface area contributed by atoms with E-state index in [1.165, 1.54) is 49.0 Å². The molecule has 5 aromatic carbocycles. The molecule has 2 aromatic heterocycles. The molecule has 2 heteroatoms. The summed E-state index contributed by atoms with van der Waals surface area (Å²) in [5.74, 6) is 0. The minimum absolute atomic E-state index is 0.0874. The minimum atomic E-state index is 0.0874. The second kappa shape index (κ2) is 8.49. The first-order valence-electron chi connectivity index (χ1n) is 13.2. The van der Waals surface area contributed by atoms with E-state index in [0.717, 1.165) is 22.5 Å². The maximum Gasteiger partial charge on any atom is 0.0708 e. The number of hydrogen-bond acceptors (Lipinski definition) is 2. The third kappa shape index (κ3) is 3.64. The average Bonchev–Trinajstić information content (AvgIpc) is 2.96. The lowest BCUT2D eigenvalue weighted by atomic mass is 9.82. The van der Waals surface area contributed by atoms with Gasteiger partial charge >= 0.3 is 0 Å². The molecule has 0 spiro atoms. The van der Waals surface area contributed by atoms with Gasteiger partial charge in [0.1, 0.15) is 0 Å². The van der Waals surface area contributed by atoms with Gasteiger partial charge in [-0.05, 0) is 84.8 Å². The summed E-state index contributed by atoms with van der Waals surface area (Å²) in [6.45, 7) is 6.85. The minimum Gasteiger partial charge on any atom is -0.256 e. The van der Waals surface area contributed by atoms with Crippen LogP contribution in [0.1, 0.15) is 26.3 Å². The van der Waals surface area contributed by atoms with Crippen molar-refractivity contribution in [2.75, 3.05) is 0 Å². The third-order valence-corrected chi connectivity index (χ3v) is 7.68. The van der Waals surface area contributed by atoms with E-state index < -0.39 is 0 Å².